The van der Waals surface area contributed by atoms with Gasteiger partial charge in [0, 0.05) is 33.8 Å². The summed E-state index contributed by atoms with van der Waals surface area (Å²) in [5.74, 6) is 1.52. The number of nitrogens with zero attached hydrogens (tertiary/aromatic N) is 4. The van der Waals surface area contributed by atoms with Crippen LogP contribution in [-0.2, 0) is 11.3 Å². The summed E-state index contributed by atoms with van der Waals surface area (Å²) in [4.78, 5) is 20.0. The number of nitrogens with one attached hydrogen (secondary N) is 1. The van der Waals surface area contributed by atoms with E-state index in [4.69, 9.17) is 9.26 Å². The maximum absolute atomic E-state index is 12.2. The lowest BCUT2D eigenvalue weighted by Crippen LogP contribution is -2.45. The number of carbonyl (C=O) groups excluding carboxylic acids is 1. The average molecular weight is 323 g/mol. The van der Waals surface area contributed by atoms with Crippen molar-refractivity contribution in [1.82, 2.24) is 20.4 Å². The molecule has 0 aromatic carbocycles. The van der Waals surface area contributed by atoms with Crippen LogP contribution in [0.15, 0.2) is 4.52 Å². The molecule has 8 heteroatoms. The van der Waals surface area contributed by atoms with Gasteiger partial charge in [0.2, 0.25) is 5.89 Å². The van der Waals surface area contributed by atoms with Crippen LogP contribution in [0.2, 0.25) is 0 Å². The predicted octanol–water partition coefficient (Wildman–Crippen LogP) is 1.24. The Morgan fingerprint density at radius 3 is 2.74 bits per heavy atom. The smallest absolute Gasteiger partial charge is 0.317 e. The molecule has 3 rings (SSSR count). The van der Waals surface area contributed by atoms with E-state index in [0.717, 1.165) is 32.5 Å². The van der Waals surface area contributed by atoms with E-state index in [2.05, 4.69) is 15.5 Å². The zero-order chi connectivity index (χ0) is 16.2. The number of piperidine rings is 1. The van der Waals surface area contributed by atoms with Gasteiger partial charge in [-0.25, -0.2) is 4.79 Å². The molecule has 2 fully saturated rings. The van der Waals surface area contributed by atoms with E-state index < -0.39 is 0 Å². The highest BCUT2D eigenvalue weighted by molar-refractivity contribution is 5.74. The molecule has 1 aromatic heterocycles. The SMILES string of the molecule is CN(C)c1noc(CNC(=O)N2CCC(C3CCCO3)CC2)n1. The Kier molecular flexibility index (Phi) is 5.00. The van der Waals surface area contributed by atoms with E-state index in [0.29, 0.717) is 23.9 Å². The van der Waals surface area contributed by atoms with E-state index in [9.17, 15) is 4.79 Å². The maximum Gasteiger partial charge on any atom is 0.317 e. The molecule has 0 saturated carbocycles. The molecule has 23 heavy (non-hydrogen) atoms. The summed E-state index contributed by atoms with van der Waals surface area (Å²) in [5.41, 5.74) is 0. The summed E-state index contributed by atoms with van der Waals surface area (Å²) in [5, 5.41) is 6.67. The van der Waals surface area contributed by atoms with Crippen LogP contribution >= 0.6 is 0 Å². The first-order valence-corrected chi connectivity index (χ1v) is 8.28. The van der Waals surface area contributed by atoms with Crippen molar-refractivity contribution in [2.24, 2.45) is 5.92 Å². The number of rotatable bonds is 4. The van der Waals surface area contributed by atoms with E-state index in [1.807, 2.05) is 19.0 Å². The fraction of sp³-hybridized carbons (Fsp3) is 0.800. The monoisotopic (exact) mass is 323 g/mol. The topological polar surface area (TPSA) is 83.7 Å². The summed E-state index contributed by atoms with van der Waals surface area (Å²) >= 11 is 0. The molecule has 1 atom stereocenters. The van der Waals surface area contributed by atoms with Gasteiger partial charge in [0.25, 0.3) is 5.95 Å². The molecular formula is C15H25N5O3. The molecule has 1 unspecified atom stereocenters. The zero-order valence-electron chi connectivity index (χ0n) is 13.8. The first kappa shape index (κ1) is 16.0. The largest absolute Gasteiger partial charge is 0.378 e. The van der Waals surface area contributed by atoms with Gasteiger partial charge in [0.15, 0.2) is 0 Å². The minimum absolute atomic E-state index is 0.0691. The van der Waals surface area contributed by atoms with Gasteiger partial charge in [0.05, 0.1) is 12.6 Å². The Morgan fingerprint density at radius 1 is 1.35 bits per heavy atom. The lowest BCUT2D eigenvalue weighted by atomic mass is 9.90. The summed E-state index contributed by atoms with van der Waals surface area (Å²) < 4.78 is 10.9. The van der Waals surface area contributed by atoms with Crippen LogP contribution < -0.4 is 10.2 Å². The molecule has 2 aliphatic rings. The Bertz CT molecular complexity index is 519. The van der Waals surface area contributed by atoms with Gasteiger partial charge in [-0.3, -0.25) is 0 Å². The maximum atomic E-state index is 12.2. The first-order chi connectivity index (χ1) is 11.1. The van der Waals surface area contributed by atoms with Gasteiger partial charge in [0.1, 0.15) is 0 Å². The molecule has 0 spiro atoms. The molecule has 1 aromatic rings. The van der Waals surface area contributed by atoms with Crippen molar-refractivity contribution >= 4 is 12.0 Å². The van der Waals surface area contributed by atoms with Crippen LogP contribution in [-0.4, -0.2) is 61.0 Å². The average Bonchev–Trinajstić information content (AvgIpc) is 3.24. The van der Waals surface area contributed by atoms with E-state index >= 15 is 0 Å². The number of anilines is 1. The normalized spacial score (nSPS) is 22.3. The highest BCUT2D eigenvalue weighted by atomic mass is 16.5. The molecule has 8 nitrogen and oxygen atoms in total. The number of aromatic nitrogens is 2. The Morgan fingerprint density at radius 2 is 2.13 bits per heavy atom. The third-order valence-electron chi connectivity index (χ3n) is 4.57. The summed E-state index contributed by atoms with van der Waals surface area (Å²) in [7, 11) is 3.68. The van der Waals surface area contributed by atoms with Crippen LogP contribution in [0.5, 0.6) is 0 Å². The lowest BCUT2D eigenvalue weighted by molar-refractivity contribution is 0.0372. The number of hydrogen-bond donors (Lipinski definition) is 1. The van der Waals surface area contributed by atoms with Crippen molar-refractivity contribution in [2.45, 2.75) is 38.3 Å². The number of urea groups is 1. The summed E-state index contributed by atoms with van der Waals surface area (Å²) in [6, 6.07) is -0.0691. The molecule has 2 aliphatic heterocycles. The third kappa shape index (κ3) is 3.93. The van der Waals surface area contributed by atoms with Crippen molar-refractivity contribution < 1.29 is 14.1 Å². The lowest BCUT2D eigenvalue weighted by Gasteiger charge is -2.34. The number of carbonyl (C=O) groups is 1. The fourth-order valence-electron chi connectivity index (χ4n) is 3.21. The van der Waals surface area contributed by atoms with Crippen molar-refractivity contribution in [1.29, 1.82) is 0 Å². The zero-order valence-corrected chi connectivity index (χ0v) is 13.8. The first-order valence-electron chi connectivity index (χ1n) is 8.28. The number of likely N-dealkylation sites (tertiary alicyclic amines) is 1. The van der Waals surface area contributed by atoms with Crippen LogP contribution in [0.4, 0.5) is 10.7 Å². The second kappa shape index (κ2) is 7.16. The highest BCUT2D eigenvalue weighted by Crippen LogP contribution is 2.28. The standard InChI is InChI=1S/C15H25N5O3/c1-19(2)14-17-13(23-18-14)10-16-15(21)20-7-5-11(6-8-20)12-4-3-9-22-12/h11-12H,3-10H2,1-2H3,(H,16,21). The molecule has 1 N–H and O–H groups in total. The Hall–Kier alpha value is -1.83. The van der Waals surface area contributed by atoms with Crippen molar-refractivity contribution in [3.8, 4) is 0 Å². The minimum atomic E-state index is -0.0691. The van der Waals surface area contributed by atoms with Gasteiger partial charge in [-0.2, -0.15) is 4.98 Å². The van der Waals surface area contributed by atoms with Crippen LogP contribution in [0.25, 0.3) is 0 Å². The summed E-state index contributed by atoms with van der Waals surface area (Å²) in [6.45, 7) is 2.71. The van der Waals surface area contributed by atoms with Gasteiger partial charge >= 0.3 is 6.03 Å². The van der Waals surface area contributed by atoms with Gasteiger partial charge in [-0.15, -0.1) is 0 Å². The number of hydrogen-bond acceptors (Lipinski definition) is 6. The molecule has 3 heterocycles. The number of amides is 2. The molecule has 0 radical (unpaired) electrons. The van der Waals surface area contributed by atoms with Crippen molar-refractivity contribution in [2.75, 3.05) is 38.7 Å². The molecular weight excluding hydrogens is 298 g/mol. The highest BCUT2D eigenvalue weighted by Gasteiger charge is 2.30. The van der Waals surface area contributed by atoms with Gasteiger partial charge in [-0.05, 0) is 36.8 Å². The fourth-order valence-corrected chi connectivity index (χ4v) is 3.21. The van der Waals surface area contributed by atoms with Crippen LogP contribution in [0, 0.1) is 5.92 Å². The van der Waals surface area contributed by atoms with Crippen molar-refractivity contribution in [3.63, 3.8) is 0 Å². The van der Waals surface area contributed by atoms with Gasteiger partial charge in [-0.1, -0.05) is 0 Å². The Labute approximate surface area is 136 Å². The van der Waals surface area contributed by atoms with E-state index in [-0.39, 0.29) is 12.6 Å². The molecule has 128 valence electrons. The van der Waals surface area contributed by atoms with Crippen LogP contribution in [0.3, 0.4) is 0 Å². The van der Waals surface area contributed by atoms with Crippen molar-refractivity contribution in [3.05, 3.63) is 5.89 Å². The van der Waals surface area contributed by atoms with E-state index in [1.165, 1.54) is 12.8 Å². The predicted molar refractivity (Wildman–Crippen MR) is 84.1 cm³/mol. The second-order valence-electron chi connectivity index (χ2n) is 6.42. The second-order valence-corrected chi connectivity index (χ2v) is 6.42. The molecule has 2 saturated heterocycles. The summed E-state index contributed by atoms with van der Waals surface area (Å²) in [6.07, 6.45) is 4.78. The minimum Gasteiger partial charge on any atom is -0.378 e. The number of ether oxygens (including phenoxy) is 1. The quantitative estimate of drug-likeness (QED) is 0.897. The van der Waals surface area contributed by atoms with Gasteiger partial charge < -0.3 is 24.4 Å². The molecule has 0 bridgehead atoms. The molecule has 2 amide bonds. The molecule has 0 aliphatic carbocycles. The van der Waals surface area contributed by atoms with E-state index in [1.54, 1.807) is 4.90 Å². The van der Waals surface area contributed by atoms with Crippen LogP contribution in [0.1, 0.15) is 31.6 Å². The Balaban J connectivity index is 1.42. The third-order valence-corrected chi connectivity index (χ3v) is 4.57.